The lowest BCUT2D eigenvalue weighted by Gasteiger charge is -2.37. The SMILES string of the molecule is CCC(C)(CNC(C)C)CN(C)C(C)c1ccccc1Cl. The summed E-state index contributed by atoms with van der Waals surface area (Å²) in [5, 5.41) is 4.44. The molecule has 0 spiro atoms. The number of rotatable bonds is 8. The van der Waals surface area contributed by atoms with Crippen LogP contribution in [0.25, 0.3) is 0 Å². The van der Waals surface area contributed by atoms with Crippen LogP contribution in [0.15, 0.2) is 24.3 Å². The van der Waals surface area contributed by atoms with E-state index in [1.807, 2.05) is 12.1 Å². The molecule has 0 aliphatic rings. The molecule has 1 aromatic carbocycles. The van der Waals surface area contributed by atoms with E-state index in [2.05, 4.69) is 64.0 Å². The monoisotopic (exact) mass is 310 g/mol. The molecule has 3 heteroatoms. The van der Waals surface area contributed by atoms with Gasteiger partial charge in [0.25, 0.3) is 0 Å². The van der Waals surface area contributed by atoms with Crippen LogP contribution < -0.4 is 5.32 Å². The number of nitrogens with one attached hydrogen (secondary N) is 1. The zero-order valence-corrected chi connectivity index (χ0v) is 15.2. The molecule has 0 amide bonds. The molecule has 21 heavy (non-hydrogen) atoms. The van der Waals surface area contributed by atoms with Crippen molar-refractivity contribution in [3.05, 3.63) is 34.9 Å². The van der Waals surface area contributed by atoms with Crippen LogP contribution in [0.3, 0.4) is 0 Å². The standard InChI is InChI=1S/C18H31ClN2/c1-7-18(5,12-20-14(2)3)13-21(6)15(4)16-10-8-9-11-17(16)19/h8-11,14-15,20H,7,12-13H2,1-6H3. The molecule has 0 fully saturated rings. The van der Waals surface area contributed by atoms with Crippen LogP contribution in [-0.4, -0.2) is 31.1 Å². The van der Waals surface area contributed by atoms with Crippen LogP contribution in [0, 0.1) is 5.41 Å². The predicted octanol–water partition coefficient (Wildman–Crippen LogP) is 4.75. The van der Waals surface area contributed by atoms with Gasteiger partial charge in [-0.15, -0.1) is 0 Å². The average molecular weight is 311 g/mol. The molecule has 2 unspecified atom stereocenters. The van der Waals surface area contributed by atoms with Gasteiger partial charge in [-0.2, -0.15) is 0 Å². The van der Waals surface area contributed by atoms with Crippen molar-refractivity contribution in [3.8, 4) is 0 Å². The van der Waals surface area contributed by atoms with E-state index in [0.717, 1.165) is 24.5 Å². The van der Waals surface area contributed by atoms with Gasteiger partial charge in [-0.25, -0.2) is 0 Å². The molecule has 0 saturated carbocycles. The normalized spacial score (nSPS) is 16.2. The van der Waals surface area contributed by atoms with Crippen LogP contribution in [0.5, 0.6) is 0 Å². The van der Waals surface area contributed by atoms with Gasteiger partial charge in [0, 0.05) is 30.2 Å². The average Bonchev–Trinajstić information content (AvgIpc) is 2.45. The van der Waals surface area contributed by atoms with Crippen molar-refractivity contribution < 1.29 is 0 Å². The second-order valence-corrected chi connectivity index (χ2v) is 7.22. The summed E-state index contributed by atoms with van der Waals surface area (Å²) in [5.41, 5.74) is 1.48. The highest BCUT2D eigenvalue weighted by molar-refractivity contribution is 6.31. The summed E-state index contributed by atoms with van der Waals surface area (Å²) in [6, 6.07) is 9.00. The maximum absolute atomic E-state index is 6.33. The van der Waals surface area contributed by atoms with E-state index in [9.17, 15) is 0 Å². The fourth-order valence-corrected chi connectivity index (χ4v) is 2.83. The second kappa shape index (κ2) is 8.17. The van der Waals surface area contributed by atoms with Gasteiger partial charge in [0.05, 0.1) is 0 Å². The molecule has 1 aromatic rings. The van der Waals surface area contributed by atoms with E-state index in [-0.39, 0.29) is 5.41 Å². The highest BCUT2D eigenvalue weighted by atomic mass is 35.5. The van der Waals surface area contributed by atoms with Gasteiger partial charge in [0.2, 0.25) is 0 Å². The third-order valence-corrected chi connectivity index (χ3v) is 4.78. The molecule has 0 bridgehead atoms. The lowest BCUT2D eigenvalue weighted by atomic mass is 9.86. The van der Waals surface area contributed by atoms with Crippen molar-refractivity contribution in [2.45, 2.75) is 53.1 Å². The summed E-state index contributed by atoms with van der Waals surface area (Å²) in [5.74, 6) is 0. The molecule has 0 aliphatic heterocycles. The first-order valence-corrected chi connectivity index (χ1v) is 8.35. The molecule has 2 nitrogen and oxygen atoms in total. The summed E-state index contributed by atoms with van der Waals surface area (Å²) >= 11 is 6.33. The number of halogens is 1. The highest BCUT2D eigenvalue weighted by Gasteiger charge is 2.26. The smallest absolute Gasteiger partial charge is 0.0453 e. The molecule has 0 saturated heterocycles. The van der Waals surface area contributed by atoms with E-state index in [1.165, 1.54) is 5.56 Å². The number of nitrogens with zero attached hydrogens (tertiary/aromatic N) is 1. The van der Waals surface area contributed by atoms with Crippen molar-refractivity contribution in [2.75, 3.05) is 20.1 Å². The topological polar surface area (TPSA) is 15.3 Å². The van der Waals surface area contributed by atoms with Gasteiger partial charge in [0.1, 0.15) is 0 Å². The Morgan fingerprint density at radius 3 is 2.38 bits per heavy atom. The summed E-state index contributed by atoms with van der Waals surface area (Å²) in [4.78, 5) is 2.41. The van der Waals surface area contributed by atoms with Crippen LogP contribution in [-0.2, 0) is 0 Å². The van der Waals surface area contributed by atoms with Crippen molar-refractivity contribution in [1.29, 1.82) is 0 Å². The predicted molar refractivity (Wildman–Crippen MR) is 94.0 cm³/mol. The second-order valence-electron chi connectivity index (χ2n) is 6.81. The Labute approximate surface area is 135 Å². The molecule has 1 N–H and O–H groups in total. The molecule has 0 radical (unpaired) electrons. The summed E-state index contributed by atoms with van der Waals surface area (Å²) in [6.45, 7) is 13.4. The maximum atomic E-state index is 6.33. The molecule has 0 heterocycles. The van der Waals surface area contributed by atoms with Crippen LogP contribution in [0.4, 0.5) is 0 Å². The highest BCUT2D eigenvalue weighted by Crippen LogP contribution is 2.30. The Morgan fingerprint density at radius 1 is 1.24 bits per heavy atom. The minimum absolute atomic E-state index is 0.272. The summed E-state index contributed by atoms with van der Waals surface area (Å²) < 4.78 is 0. The molecule has 0 aromatic heterocycles. The van der Waals surface area contributed by atoms with Crippen LogP contribution >= 0.6 is 11.6 Å². The van der Waals surface area contributed by atoms with Gasteiger partial charge in [-0.05, 0) is 37.4 Å². The molecular formula is C18H31ClN2. The molecule has 2 atom stereocenters. The fourth-order valence-electron chi connectivity index (χ4n) is 2.53. The van der Waals surface area contributed by atoms with E-state index < -0.39 is 0 Å². The van der Waals surface area contributed by atoms with E-state index in [4.69, 9.17) is 11.6 Å². The zero-order valence-electron chi connectivity index (χ0n) is 14.4. The van der Waals surface area contributed by atoms with Crippen molar-refractivity contribution in [3.63, 3.8) is 0 Å². The van der Waals surface area contributed by atoms with Gasteiger partial charge in [-0.1, -0.05) is 57.5 Å². The Morgan fingerprint density at radius 2 is 1.86 bits per heavy atom. The maximum Gasteiger partial charge on any atom is 0.0453 e. The van der Waals surface area contributed by atoms with Crippen molar-refractivity contribution in [2.24, 2.45) is 5.41 Å². The number of hydrogen-bond acceptors (Lipinski definition) is 2. The summed E-state index contributed by atoms with van der Waals surface area (Å²) in [6.07, 6.45) is 1.16. The van der Waals surface area contributed by atoms with Crippen molar-refractivity contribution in [1.82, 2.24) is 10.2 Å². The minimum atomic E-state index is 0.272. The fraction of sp³-hybridized carbons (Fsp3) is 0.667. The Kier molecular flexibility index (Phi) is 7.19. The van der Waals surface area contributed by atoms with Gasteiger partial charge < -0.3 is 5.32 Å². The quantitative estimate of drug-likeness (QED) is 0.745. The number of hydrogen-bond donors (Lipinski definition) is 1. The number of benzene rings is 1. The van der Waals surface area contributed by atoms with Gasteiger partial charge >= 0.3 is 0 Å². The molecule has 0 aliphatic carbocycles. The largest absolute Gasteiger partial charge is 0.314 e. The molecule has 120 valence electrons. The third kappa shape index (κ3) is 5.61. The van der Waals surface area contributed by atoms with Crippen molar-refractivity contribution >= 4 is 11.6 Å². The lowest BCUT2D eigenvalue weighted by Crippen LogP contribution is -2.43. The van der Waals surface area contributed by atoms with E-state index in [0.29, 0.717) is 12.1 Å². The van der Waals surface area contributed by atoms with Gasteiger partial charge in [-0.3, -0.25) is 4.90 Å². The molecular weight excluding hydrogens is 280 g/mol. The first-order valence-electron chi connectivity index (χ1n) is 7.97. The Bertz CT molecular complexity index is 433. The van der Waals surface area contributed by atoms with E-state index in [1.54, 1.807) is 0 Å². The first-order chi connectivity index (χ1) is 9.79. The Hall–Kier alpha value is -0.570. The zero-order chi connectivity index (χ0) is 16.0. The van der Waals surface area contributed by atoms with E-state index >= 15 is 0 Å². The third-order valence-electron chi connectivity index (χ3n) is 4.44. The summed E-state index contributed by atoms with van der Waals surface area (Å²) in [7, 11) is 2.19. The first kappa shape index (κ1) is 18.5. The minimum Gasteiger partial charge on any atom is -0.314 e. The van der Waals surface area contributed by atoms with Gasteiger partial charge in [0.15, 0.2) is 0 Å². The molecule has 1 rings (SSSR count). The lowest BCUT2D eigenvalue weighted by molar-refractivity contribution is 0.145. The van der Waals surface area contributed by atoms with Crippen LogP contribution in [0.2, 0.25) is 5.02 Å². The Balaban J connectivity index is 2.73. The van der Waals surface area contributed by atoms with Crippen LogP contribution in [0.1, 0.15) is 52.6 Å².